The van der Waals surface area contributed by atoms with E-state index in [-0.39, 0.29) is 0 Å². The topological polar surface area (TPSA) is 15.3 Å². The Morgan fingerprint density at radius 1 is 1.45 bits per heavy atom. The maximum absolute atomic E-state index is 3.60. The lowest BCUT2D eigenvalue weighted by molar-refractivity contribution is 0.144. The highest BCUT2D eigenvalue weighted by Crippen LogP contribution is 2.25. The minimum atomic E-state index is 0.823. The van der Waals surface area contributed by atoms with Gasteiger partial charge >= 0.3 is 0 Å². The molecule has 2 unspecified atom stereocenters. The molecule has 2 heteroatoms. The number of rotatable bonds is 1. The van der Waals surface area contributed by atoms with E-state index in [9.17, 15) is 0 Å². The van der Waals surface area contributed by atoms with Gasteiger partial charge in [-0.1, -0.05) is 13.3 Å². The van der Waals surface area contributed by atoms with Gasteiger partial charge in [0.25, 0.3) is 0 Å². The minimum absolute atomic E-state index is 0.823. The molecule has 1 saturated carbocycles. The molecule has 0 aromatic heterocycles. The lowest BCUT2D eigenvalue weighted by Gasteiger charge is -2.37. The molecule has 0 radical (unpaired) electrons. The number of fused-ring (bicyclic) bond motifs is 1. The number of hydrogen-bond acceptors (Lipinski definition) is 2. The molecule has 1 saturated heterocycles. The van der Waals surface area contributed by atoms with Crippen molar-refractivity contribution in [2.75, 3.05) is 19.6 Å². The van der Waals surface area contributed by atoms with Crippen LogP contribution in [0.1, 0.15) is 26.2 Å². The highest BCUT2D eigenvalue weighted by atomic mass is 15.2. The van der Waals surface area contributed by atoms with Crippen molar-refractivity contribution in [1.29, 1.82) is 0 Å². The molecule has 0 spiro atoms. The highest BCUT2D eigenvalue weighted by molar-refractivity contribution is 4.93. The molecular formula is C9H18N2. The summed E-state index contributed by atoms with van der Waals surface area (Å²) < 4.78 is 0. The monoisotopic (exact) mass is 154 g/mol. The summed E-state index contributed by atoms with van der Waals surface area (Å²) in [5.41, 5.74) is 0. The van der Waals surface area contributed by atoms with Crippen LogP contribution in [0.2, 0.25) is 0 Å². The van der Waals surface area contributed by atoms with Gasteiger partial charge in [-0.25, -0.2) is 0 Å². The van der Waals surface area contributed by atoms with E-state index in [1.54, 1.807) is 0 Å². The van der Waals surface area contributed by atoms with E-state index in [0.717, 1.165) is 12.1 Å². The molecule has 2 nitrogen and oxygen atoms in total. The maximum Gasteiger partial charge on any atom is 0.0249 e. The Balaban J connectivity index is 2.00. The molecule has 1 aliphatic carbocycles. The lowest BCUT2D eigenvalue weighted by atomic mass is 10.1. The molecule has 11 heavy (non-hydrogen) atoms. The van der Waals surface area contributed by atoms with Gasteiger partial charge in [0.15, 0.2) is 0 Å². The number of piperazine rings is 1. The van der Waals surface area contributed by atoms with E-state index in [0.29, 0.717) is 0 Å². The molecule has 2 rings (SSSR count). The van der Waals surface area contributed by atoms with E-state index in [1.807, 2.05) is 0 Å². The highest BCUT2D eigenvalue weighted by Gasteiger charge is 2.33. The van der Waals surface area contributed by atoms with Crippen molar-refractivity contribution in [3.63, 3.8) is 0 Å². The van der Waals surface area contributed by atoms with E-state index in [2.05, 4.69) is 17.1 Å². The first-order valence-corrected chi connectivity index (χ1v) is 4.89. The molecular weight excluding hydrogens is 136 g/mol. The zero-order chi connectivity index (χ0) is 7.68. The summed E-state index contributed by atoms with van der Waals surface area (Å²) in [5.74, 6) is 0. The van der Waals surface area contributed by atoms with Gasteiger partial charge in [0.2, 0.25) is 0 Å². The molecule has 0 aromatic carbocycles. The minimum Gasteiger partial charge on any atom is -0.311 e. The van der Waals surface area contributed by atoms with Crippen molar-refractivity contribution in [2.24, 2.45) is 0 Å². The largest absolute Gasteiger partial charge is 0.311 e. The summed E-state index contributed by atoms with van der Waals surface area (Å²) in [7, 11) is 0. The Morgan fingerprint density at radius 2 is 2.36 bits per heavy atom. The van der Waals surface area contributed by atoms with E-state index in [4.69, 9.17) is 0 Å². The first kappa shape index (κ1) is 7.56. The lowest BCUT2D eigenvalue weighted by Crippen LogP contribution is -2.55. The standard InChI is InChI=1S/C9H18N2/c1-2-11-7-6-10-8-4-3-5-9(8)11/h8-10H,2-7H2,1H3. The van der Waals surface area contributed by atoms with Gasteiger partial charge in [-0.15, -0.1) is 0 Å². The van der Waals surface area contributed by atoms with Crippen molar-refractivity contribution in [3.8, 4) is 0 Å². The predicted molar refractivity (Wildman–Crippen MR) is 46.7 cm³/mol. The molecule has 1 N–H and O–H groups in total. The second-order valence-electron chi connectivity index (χ2n) is 3.69. The molecule has 2 atom stereocenters. The van der Waals surface area contributed by atoms with Gasteiger partial charge in [-0.05, 0) is 19.4 Å². The smallest absolute Gasteiger partial charge is 0.0249 e. The Kier molecular flexibility index (Phi) is 2.14. The molecule has 1 heterocycles. The van der Waals surface area contributed by atoms with Crippen molar-refractivity contribution >= 4 is 0 Å². The second kappa shape index (κ2) is 3.11. The van der Waals surface area contributed by atoms with E-state index in [1.165, 1.54) is 38.9 Å². The zero-order valence-corrected chi connectivity index (χ0v) is 7.34. The van der Waals surface area contributed by atoms with Crippen LogP contribution in [0.5, 0.6) is 0 Å². The van der Waals surface area contributed by atoms with Gasteiger partial charge in [-0.3, -0.25) is 4.90 Å². The van der Waals surface area contributed by atoms with Crippen LogP contribution in [0.15, 0.2) is 0 Å². The van der Waals surface area contributed by atoms with Crippen molar-refractivity contribution in [1.82, 2.24) is 10.2 Å². The summed E-state index contributed by atoms with van der Waals surface area (Å²) >= 11 is 0. The second-order valence-corrected chi connectivity index (χ2v) is 3.69. The van der Waals surface area contributed by atoms with Crippen LogP contribution >= 0.6 is 0 Å². The third-order valence-electron chi connectivity index (χ3n) is 3.16. The summed E-state index contributed by atoms with van der Waals surface area (Å²) in [6.45, 7) is 5.98. The van der Waals surface area contributed by atoms with Gasteiger partial charge in [0, 0.05) is 25.2 Å². The third-order valence-corrected chi connectivity index (χ3v) is 3.16. The Hall–Kier alpha value is -0.0800. The van der Waals surface area contributed by atoms with Crippen LogP contribution in [0, 0.1) is 0 Å². The van der Waals surface area contributed by atoms with Gasteiger partial charge in [-0.2, -0.15) is 0 Å². The SMILES string of the molecule is CCN1CCNC2CCCC21. The number of nitrogens with zero attached hydrogens (tertiary/aromatic N) is 1. The summed E-state index contributed by atoms with van der Waals surface area (Å²) in [5, 5.41) is 3.60. The number of nitrogens with one attached hydrogen (secondary N) is 1. The number of hydrogen-bond donors (Lipinski definition) is 1. The Labute approximate surface area is 69.0 Å². The van der Waals surface area contributed by atoms with Gasteiger partial charge in [0.1, 0.15) is 0 Å². The fourth-order valence-electron chi connectivity index (χ4n) is 2.57. The average molecular weight is 154 g/mol. The molecule has 1 aliphatic heterocycles. The molecule has 0 bridgehead atoms. The van der Waals surface area contributed by atoms with E-state index < -0.39 is 0 Å². The first-order chi connectivity index (χ1) is 5.42. The molecule has 2 fully saturated rings. The van der Waals surface area contributed by atoms with Crippen molar-refractivity contribution in [3.05, 3.63) is 0 Å². The molecule has 0 amide bonds. The third kappa shape index (κ3) is 1.30. The fraction of sp³-hybridized carbons (Fsp3) is 1.00. The van der Waals surface area contributed by atoms with Gasteiger partial charge < -0.3 is 5.32 Å². The van der Waals surface area contributed by atoms with Crippen LogP contribution in [0.3, 0.4) is 0 Å². The summed E-state index contributed by atoms with van der Waals surface area (Å²) in [4.78, 5) is 2.63. The zero-order valence-electron chi connectivity index (χ0n) is 7.34. The fourth-order valence-corrected chi connectivity index (χ4v) is 2.57. The normalized spacial score (nSPS) is 39.0. The quantitative estimate of drug-likeness (QED) is 0.602. The summed E-state index contributed by atoms with van der Waals surface area (Å²) in [6, 6.07) is 1.69. The van der Waals surface area contributed by atoms with Crippen LogP contribution in [-0.2, 0) is 0 Å². The predicted octanol–water partition coefficient (Wildman–Crippen LogP) is 0.833. The van der Waals surface area contributed by atoms with Crippen LogP contribution in [0.4, 0.5) is 0 Å². The van der Waals surface area contributed by atoms with Crippen LogP contribution in [0.25, 0.3) is 0 Å². The van der Waals surface area contributed by atoms with Gasteiger partial charge in [0.05, 0.1) is 0 Å². The van der Waals surface area contributed by atoms with Crippen molar-refractivity contribution in [2.45, 2.75) is 38.3 Å². The molecule has 64 valence electrons. The van der Waals surface area contributed by atoms with E-state index >= 15 is 0 Å². The molecule has 2 aliphatic rings. The molecule has 0 aromatic rings. The number of likely N-dealkylation sites (N-methyl/N-ethyl adjacent to an activating group) is 1. The average Bonchev–Trinajstić information content (AvgIpc) is 2.50. The summed E-state index contributed by atoms with van der Waals surface area (Å²) in [6.07, 6.45) is 4.26. The van der Waals surface area contributed by atoms with Crippen LogP contribution in [-0.4, -0.2) is 36.6 Å². The van der Waals surface area contributed by atoms with Crippen LogP contribution < -0.4 is 5.32 Å². The maximum atomic E-state index is 3.60. The Morgan fingerprint density at radius 3 is 3.18 bits per heavy atom. The first-order valence-electron chi connectivity index (χ1n) is 4.89. The van der Waals surface area contributed by atoms with Crippen molar-refractivity contribution < 1.29 is 0 Å². The Bertz CT molecular complexity index is 136.